The van der Waals surface area contributed by atoms with Gasteiger partial charge < -0.3 is 18.9 Å². The van der Waals surface area contributed by atoms with Gasteiger partial charge in [0.05, 0.1) is 13.2 Å². The Morgan fingerprint density at radius 1 is 1.14 bits per heavy atom. The first-order chi connectivity index (χ1) is 13.4. The summed E-state index contributed by atoms with van der Waals surface area (Å²) in [4.78, 5) is 23.1. The molecule has 1 aliphatic heterocycles. The van der Waals surface area contributed by atoms with Crippen LogP contribution in [0, 0.1) is 5.92 Å². The predicted molar refractivity (Wildman–Crippen MR) is 106 cm³/mol. The summed E-state index contributed by atoms with van der Waals surface area (Å²) >= 11 is 0. The molecule has 6 heteroatoms. The molecule has 0 N–H and O–H groups in total. The summed E-state index contributed by atoms with van der Waals surface area (Å²) in [6.07, 6.45) is 9.76. The van der Waals surface area contributed by atoms with Gasteiger partial charge in [0.15, 0.2) is 5.79 Å². The van der Waals surface area contributed by atoms with E-state index in [2.05, 4.69) is 13.8 Å². The third kappa shape index (κ3) is 7.03. The lowest BCUT2D eigenvalue weighted by Crippen LogP contribution is -2.51. The summed E-state index contributed by atoms with van der Waals surface area (Å²) < 4.78 is 23.1. The Morgan fingerprint density at radius 3 is 2.43 bits per heavy atom. The molecule has 0 bridgehead atoms. The van der Waals surface area contributed by atoms with Crippen molar-refractivity contribution in [3.05, 3.63) is 0 Å². The SMILES string of the molecule is CC[C@@H]1C[C@H]([C@@H](CCCC[C@@H](C)CC(=O)OC)OC(C)=O)OC2(CCCC2)O1. The van der Waals surface area contributed by atoms with E-state index in [0.717, 1.165) is 64.2 Å². The van der Waals surface area contributed by atoms with Crippen LogP contribution in [0.25, 0.3) is 0 Å². The number of hydrogen-bond acceptors (Lipinski definition) is 6. The van der Waals surface area contributed by atoms with E-state index in [1.165, 1.54) is 14.0 Å². The lowest BCUT2D eigenvalue weighted by atomic mass is 9.95. The van der Waals surface area contributed by atoms with Gasteiger partial charge in [0.1, 0.15) is 12.2 Å². The van der Waals surface area contributed by atoms with Crippen molar-refractivity contribution < 1.29 is 28.5 Å². The summed E-state index contributed by atoms with van der Waals surface area (Å²) in [5, 5.41) is 0. The smallest absolute Gasteiger partial charge is 0.305 e. The predicted octanol–water partition coefficient (Wildman–Crippen LogP) is 4.53. The first kappa shape index (κ1) is 23.1. The second kappa shape index (κ2) is 11.1. The number of rotatable bonds is 10. The number of ether oxygens (including phenoxy) is 4. The van der Waals surface area contributed by atoms with Gasteiger partial charge in [0.2, 0.25) is 0 Å². The third-order valence-corrected chi connectivity index (χ3v) is 5.97. The number of esters is 2. The molecule has 0 aromatic heterocycles. The van der Waals surface area contributed by atoms with E-state index >= 15 is 0 Å². The molecule has 1 spiro atoms. The van der Waals surface area contributed by atoms with E-state index < -0.39 is 5.79 Å². The van der Waals surface area contributed by atoms with E-state index in [4.69, 9.17) is 18.9 Å². The highest BCUT2D eigenvalue weighted by atomic mass is 16.7. The Kier molecular flexibility index (Phi) is 9.22. The molecular weight excluding hydrogens is 360 g/mol. The average molecular weight is 399 g/mol. The molecular formula is C22H38O6. The lowest BCUT2D eigenvalue weighted by Gasteiger charge is -2.44. The minimum Gasteiger partial charge on any atom is -0.469 e. The van der Waals surface area contributed by atoms with E-state index in [1.54, 1.807) is 0 Å². The molecule has 4 atom stereocenters. The van der Waals surface area contributed by atoms with Crippen LogP contribution in [0.15, 0.2) is 0 Å². The molecule has 1 saturated heterocycles. The zero-order valence-corrected chi connectivity index (χ0v) is 18.0. The molecule has 1 saturated carbocycles. The third-order valence-electron chi connectivity index (χ3n) is 5.97. The van der Waals surface area contributed by atoms with Gasteiger partial charge >= 0.3 is 11.9 Å². The molecule has 6 nitrogen and oxygen atoms in total. The van der Waals surface area contributed by atoms with Crippen LogP contribution in [0.2, 0.25) is 0 Å². The Labute approximate surface area is 169 Å². The zero-order chi connectivity index (χ0) is 20.6. The number of carbonyl (C=O) groups is 2. The average Bonchev–Trinajstić information content (AvgIpc) is 3.10. The Balaban J connectivity index is 1.89. The number of methoxy groups -OCH3 is 1. The van der Waals surface area contributed by atoms with Crippen molar-refractivity contribution in [2.24, 2.45) is 5.92 Å². The van der Waals surface area contributed by atoms with E-state index in [-0.39, 0.29) is 30.3 Å². The fraction of sp³-hybridized carbons (Fsp3) is 0.909. The Morgan fingerprint density at radius 2 is 1.82 bits per heavy atom. The lowest BCUT2D eigenvalue weighted by molar-refractivity contribution is -0.327. The highest BCUT2D eigenvalue weighted by Crippen LogP contribution is 2.42. The highest BCUT2D eigenvalue weighted by molar-refractivity contribution is 5.69. The summed E-state index contributed by atoms with van der Waals surface area (Å²) in [6.45, 7) is 5.67. The topological polar surface area (TPSA) is 71.1 Å². The van der Waals surface area contributed by atoms with Crippen molar-refractivity contribution in [3.8, 4) is 0 Å². The minimum absolute atomic E-state index is 0.104. The second-order valence-electron chi connectivity index (χ2n) is 8.48. The number of carbonyl (C=O) groups excluding carboxylic acids is 2. The standard InChI is InChI=1S/C22H38O6/c1-5-18-15-20(28-22(27-18)12-8-9-13-22)19(26-17(3)23)11-7-6-10-16(2)14-21(24)25-4/h16,18-20H,5-15H2,1-4H3/t16-,18-,19-,20-/m1/s1. The minimum atomic E-state index is -0.475. The molecule has 162 valence electrons. The summed E-state index contributed by atoms with van der Waals surface area (Å²) in [7, 11) is 1.42. The maximum atomic E-state index is 11.7. The molecule has 2 aliphatic rings. The normalized spacial score (nSPS) is 26.0. The maximum absolute atomic E-state index is 11.7. The van der Waals surface area contributed by atoms with Gasteiger partial charge in [-0.1, -0.05) is 26.7 Å². The second-order valence-corrected chi connectivity index (χ2v) is 8.48. The molecule has 2 rings (SSSR count). The highest BCUT2D eigenvalue weighted by Gasteiger charge is 2.46. The van der Waals surface area contributed by atoms with Gasteiger partial charge in [-0.3, -0.25) is 9.59 Å². The molecule has 0 unspecified atom stereocenters. The van der Waals surface area contributed by atoms with Crippen molar-refractivity contribution in [3.63, 3.8) is 0 Å². The van der Waals surface area contributed by atoms with Gasteiger partial charge in [-0.05, 0) is 38.0 Å². The summed E-state index contributed by atoms with van der Waals surface area (Å²) in [5.74, 6) is -0.594. The van der Waals surface area contributed by atoms with Crippen LogP contribution in [0.3, 0.4) is 0 Å². The quantitative estimate of drug-likeness (QED) is 0.398. The molecule has 0 radical (unpaired) electrons. The van der Waals surface area contributed by atoms with Gasteiger partial charge in [0, 0.05) is 32.6 Å². The summed E-state index contributed by atoms with van der Waals surface area (Å²) in [6, 6.07) is 0. The summed E-state index contributed by atoms with van der Waals surface area (Å²) in [5.41, 5.74) is 0. The Bertz CT molecular complexity index is 499. The molecule has 0 amide bonds. The van der Waals surface area contributed by atoms with E-state index in [1.807, 2.05) is 0 Å². The van der Waals surface area contributed by atoms with Gasteiger partial charge in [-0.15, -0.1) is 0 Å². The molecule has 1 heterocycles. The molecule has 2 fully saturated rings. The van der Waals surface area contributed by atoms with Crippen molar-refractivity contribution in [2.45, 2.75) is 115 Å². The van der Waals surface area contributed by atoms with E-state index in [9.17, 15) is 9.59 Å². The van der Waals surface area contributed by atoms with Crippen LogP contribution in [0.1, 0.15) is 91.4 Å². The molecule has 28 heavy (non-hydrogen) atoms. The first-order valence-corrected chi connectivity index (χ1v) is 11.0. The first-order valence-electron chi connectivity index (χ1n) is 11.0. The van der Waals surface area contributed by atoms with Crippen LogP contribution < -0.4 is 0 Å². The number of unbranched alkanes of at least 4 members (excludes halogenated alkanes) is 1. The molecule has 1 aliphatic carbocycles. The van der Waals surface area contributed by atoms with Crippen LogP contribution in [0.4, 0.5) is 0 Å². The van der Waals surface area contributed by atoms with Crippen molar-refractivity contribution in [1.29, 1.82) is 0 Å². The Hall–Kier alpha value is -1.14. The fourth-order valence-corrected chi connectivity index (χ4v) is 4.43. The van der Waals surface area contributed by atoms with Gasteiger partial charge in [-0.25, -0.2) is 0 Å². The van der Waals surface area contributed by atoms with Gasteiger partial charge in [-0.2, -0.15) is 0 Å². The number of hydrogen-bond donors (Lipinski definition) is 0. The van der Waals surface area contributed by atoms with Crippen LogP contribution >= 0.6 is 0 Å². The van der Waals surface area contributed by atoms with Crippen molar-refractivity contribution in [1.82, 2.24) is 0 Å². The van der Waals surface area contributed by atoms with Crippen LogP contribution in [-0.4, -0.2) is 43.1 Å². The van der Waals surface area contributed by atoms with Gasteiger partial charge in [0.25, 0.3) is 0 Å². The van der Waals surface area contributed by atoms with Crippen molar-refractivity contribution in [2.75, 3.05) is 7.11 Å². The fourth-order valence-electron chi connectivity index (χ4n) is 4.43. The monoisotopic (exact) mass is 398 g/mol. The van der Waals surface area contributed by atoms with E-state index in [0.29, 0.717) is 12.3 Å². The largest absolute Gasteiger partial charge is 0.469 e. The maximum Gasteiger partial charge on any atom is 0.305 e. The van der Waals surface area contributed by atoms with Crippen LogP contribution in [0.5, 0.6) is 0 Å². The molecule has 0 aromatic rings. The molecule has 0 aromatic carbocycles. The zero-order valence-electron chi connectivity index (χ0n) is 18.0. The van der Waals surface area contributed by atoms with Crippen molar-refractivity contribution >= 4 is 11.9 Å². The van der Waals surface area contributed by atoms with Crippen LogP contribution in [-0.2, 0) is 28.5 Å².